The highest BCUT2D eigenvalue weighted by Gasteiger charge is 2.16. The standard InChI is InChI=1S/C9H19NO4S/c1-3-15(12,13)7-5-9(11)8(10)4-6-14-2/h8H,3-7,10H2,1-2H3. The number of hydrogen-bond acceptors (Lipinski definition) is 5. The van der Waals surface area contributed by atoms with Gasteiger partial charge in [-0.1, -0.05) is 6.92 Å². The predicted molar refractivity (Wildman–Crippen MR) is 58.4 cm³/mol. The van der Waals surface area contributed by atoms with Crippen molar-refractivity contribution in [2.45, 2.75) is 25.8 Å². The lowest BCUT2D eigenvalue weighted by Gasteiger charge is -2.09. The molecule has 0 aromatic rings. The Labute approximate surface area is 90.9 Å². The van der Waals surface area contributed by atoms with Crippen molar-refractivity contribution < 1.29 is 17.9 Å². The maximum Gasteiger partial charge on any atom is 0.150 e. The van der Waals surface area contributed by atoms with E-state index in [1.165, 1.54) is 7.11 Å². The highest BCUT2D eigenvalue weighted by Crippen LogP contribution is 1.99. The number of carbonyl (C=O) groups is 1. The molecule has 0 saturated carbocycles. The number of carbonyl (C=O) groups excluding carboxylic acids is 1. The van der Waals surface area contributed by atoms with Gasteiger partial charge in [-0.3, -0.25) is 4.79 Å². The lowest BCUT2D eigenvalue weighted by Crippen LogP contribution is -2.33. The van der Waals surface area contributed by atoms with Gasteiger partial charge in [0.05, 0.1) is 11.8 Å². The average Bonchev–Trinajstić information content (AvgIpc) is 2.22. The van der Waals surface area contributed by atoms with E-state index in [0.29, 0.717) is 13.0 Å². The summed E-state index contributed by atoms with van der Waals surface area (Å²) in [5.74, 6) is -0.263. The van der Waals surface area contributed by atoms with Crippen molar-refractivity contribution in [3.05, 3.63) is 0 Å². The van der Waals surface area contributed by atoms with Crippen LogP contribution in [-0.2, 0) is 19.4 Å². The van der Waals surface area contributed by atoms with E-state index in [1.54, 1.807) is 6.92 Å². The lowest BCUT2D eigenvalue weighted by atomic mass is 10.1. The fourth-order valence-corrected chi connectivity index (χ4v) is 1.79. The van der Waals surface area contributed by atoms with Gasteiger partial charge in [0.2, 0.25) is 0 Å². The summed E-state index contributed by atoms with van der Waals surface area (Å²) in [7, 11) is -1.55. The monoisotopic (exact) mass is 237 g/mol. The molecular weight excluding hydrogens is 218 g/mol. The van der Waals surface area contributed by atoms with Gasteiger partial charge in [-0.2, -0.15) is 0 Å². The van der Waals surface area contributed by atoms with Crippen LogP contribution in [0.15, 0.2) is 0 Å². The maximum atomic E-state index is 11.4. The number of rotatable bonds is 8. The third-order valence-electron chi connectivity index (χ3n) is 2.15. The van der Waals surface area contributed by atoms with Gasteiger partial charge in [-0.15, -0.1) is 0 Å². The summed E-state index contributed by atoms with van der Waals surface area (Å²) in [5, 5.41) is 0. The molecule has 1 atom stereocenters. The summed E-state index contributed by atoms with van der Waals surface area (Å²) in [6.45, 7) is 1.97. The van der Waals surface area contributed by atoms with Gasteiger partial charge in [0.1, 0.15) is 9.84 Å². The van der Waals surface area contributed by atoms with Crippen molar-refractivity contribution in [1.82, 2.24) is 0 Å². The highest BCUT2D eigenvalue weighted by molar-refractivity contribution is 7.91. The van der Waals surface area contributed by atoms with E-state index >= 15 is 0 Å². The van der Waals surface area contributed by atoms with Crippen LogP contribution in [-0.4, -0.2) is 45.5 Å². The Bertz CT molecular complexity index is 286. The predicted octanol–water partition coefficient (Wildman–Crippen LogP) is -0.256. The summed E-state index contributed by atoms with van der Waals surface area (Å²) in [6.07, 6.45) is 0.433. The zero-order valence-electron chi connectivity index (χ0n) is 9.23. The zero-order chi connectivity index (χ0) is 11.9. The zero-order valence-corrected chi connectivity index (χ0v) is 10.0. The van der Waals surface area contributed by atoms with Crippen LogP contribution >= 0.6 is 0 Å². The van der Waals surface area contributed by atoms with E-state index in [2.05, 4.69) is 0 Å². The van der Waals surface area contributed by atoms with Crippen LogP contribution in [0.1, 0.15) is 19.8 Å². The molecule has 0 rings (SSSR count). The van der Waals surface area contributed by atoms with Gasteiger partial charge in [-0.25, -0.2) is 8.42 Å². The van der Waals surface area contributed by atoms with Crippen LogP contribution in [0, 0.1) is 0 Å². The minimum Gasteiger partial charge on any atom is -0.385 e. The summed E-state index contributed by atoms with van der Waals surface area (Å²) in [5.41, 5.74) is 5.55. The molecule has 0 aliphatic carbocycles. The van der Waals surface area contributed by atoms with Gasteiger partial charge in [0.15, 0.2) is 5.78 Å². The number of methoxy groups -OCH3 is 1. The van der Waals surface area contributed by atoms with Gasteiger partial charge >= 0.3 is 0 Å². The molecule has 0 bridgehead atoms. The molecule has 5 nitrogen and oxygen atoms in total. The topological polar surface area (TPSA) is 86.5 Å². The van der Waals surface area contributed by atoms with Crippen LogP contribution in [0.25, 0.3) is 0 Å². The van der Waals surface area contributed by atoms with Gasteiger partial charge < -0.3 is 10.5 Å². The molecule has 0 aromatic carbocycles. The molecule has 0 fully saturated rings. The molecular formula is C9H19NO4S. The molecule has 0 spiro atoms. The van der Waals surface area contributed by atoms with E-state index in [0.717, 1.165) is 0 Å². The molecule has 0 saturated heterocycles. The summed E-state index contributed by atoms with van der Waals surface area (Å²) < 4.78 is 27.0. The lowest BCUT2D eigenvalue weighted by molar-refractivity contribution is -0.120. The molecule has 0 aliphatic heterocycles. The minimum atomic E-state index is -3.08. The van der Waals surface area contributed by atoms with Crippen molar-refractivity contribution in [2.24, 2.45) is 5.73 Å². The maximum absolute atomic E-state index is 11.4. The van der Waals surface area contributed by atoms with Crippen LogP contribution in [0.3, 0.4) is 0 Å². The number of ketones is 1. The van der Waals surface area contributed by atoms with Gasteiger partial charge in [-0.05, 0) is 6.42 Å². The normalized spacial score (nSPS) is 13.8. The first-order valence-electron chi connectivity index (χ1n) is 4.90. The summed E-state index contributed by atoms with van der Waals surface area (Å²) >= 11 is 0. The Morgan fingerprint density at radius 2 is 2.07 bits per heavy atom. The Kier molecular flexibility index (Phi) is 6.71. The van der Waals surface area contributed by atoms with E-state index in [1.807, 2.05) is 0 Å². The Balaban J connectivity index is 3.93. The van der Waals surface area contributed by atoms with Crippen LogP contribution in [0.2, 0.25) is 0 Å². The second kappa shape index (κ2) is 6.92. The van der Waals surface area contributed by atoms with Crippen LogP contribution in [0.5, 0.6) is 0 Å². The molecule has 15 heavy (non-hydrogen) atoms. The molecule has 2 N–H and O–H groups in total. The number of sulfone groups is 1. The smallest absolute Gasteiger partial charge is 0.150 e. The molecule has 90 valence electrons. The van der Waals surface area contributed by atoms with Crippen LogP contribution in [0.4, 0.5) is 0 Å². The fraction of sp³-hybridized carbons (Fsp3) is 0.889. The second-order valence-corrected chi connectivity index (χ2v) is 5.81. The number of Topliss-reactive ketones (excluding diaryl/α,β-unsaturated/α-hetero) is 1. The van der Waals surface area contributed by atoms with Crippen LogP contribution < -0.4 is 5.73 Å². The first kappa shape index (κ1) is 14.5. The van der Waals surface area contributed by atoms with Gasteiger partial charge in [0, 0.05) is 25.9 Å². The van der Waals surface area contributed by atoms with Crippen molar-refractivity contribution in [3.63, 3.8) is 0 Å². The van der Waals surface area contributed by atoms with Crippen molar-refractivity contribution in [1.29, 1.82) is 0 Å². The molecule has 0 radical (unpaired) electrons. The van der Waals surface area contributed by atoms with Crippen molar-refractivity contribution >= 4 is 15.6 Å². The Morgan fingerprint density at radius 3 is 2.53 bits per heavy atom. The molecule has 0 heterocycles. The Morgan fingerprint density at radius 1 is 1.47 bits per heavy atom. The molecule has 1 unspecified atom stereocenters. The number of nitrogens with two attached hydrogens (primary N) is 1. The third-order valence-corrected chi connectivity index (χ3v) is 3.85. The SMILES string of the molecule is CCS(=O)(=O)CCC(=O)C(N)CCOC. The summed E-state index contributed by atoms with van der Waals surface area (Å²) in [4.78, 5) is 11.4. The molecule has 0 aromatic heterocycles. The number of ether oxygens (including phenoxy) is 1. The van der Waals surface area contributed by atoms with E-state index < -0.39 is 15.9 Å². The second-order valence-electron chi connectivity index (χ2n) is 3.34. The van der Waals surface area contributed by atoms with Crippen molar-refractivity contribution in [2.75, 3.05) is 25.2 Å². The Hall–Kier alpha value is -0.460. The van der Waals surface area contributed by atoms with E-state index in [4.69, 9.17) is 10.5 Å². The molecule has 6 heteroatoms. The first-order valence-corrected chi connectivity index (χ1v) is 6.72. The van der Waals surface area contributed by atoms with E-state index in [-0.39, 0.29) is 23.7 Å². The van der Waals surface area contributed by atoms with Gasteiger partial charge in [0.25, 0.3) is 0 Å². The minimum absolute atomic E-state index is 0.00105. The van der Waals surface area contributed by atoms with Crippen molar-refractivity contribution in [3.8, 4) is 0 Å². The number of hydrogen-bond donors (Lipinski definition) is 1. The highest BCUT2D eigenvalue weighted by atomic mass is 32.2. The molecule has 0 amide bonds. The first-order chi connectivity index (χ1) is 6.93. The van der Waals surface area contributed by atoms with E-state index in [9.17, 15) is 13.2 Å². The third kappa shape index (κ3) is 6.59. The fourth-order valence-electron chi connectivity index (χ4n) is 0.992. The largest absolute Gasteiger partial charge is 0.385 e. The average molecular weight is 237 g/mol. The molecule has 0 aliphatic rings. The summed E-state index contributed by atoms with van der Waals surface area (Å²) in [6, 6.07) is -0.614. The quantitative estimate of drug-likeness (QED) is 0.628.